The number of rotatable bonds is 4. The van der Waals surface area contributed by atoms with Crippen LogP contribution in [0.5, 0.6) is 0 Å². The second-order valence-electron chi connectivity index (χ2n) is 11.9. The van der Waals surface area contributed by atoms with Crippen molar-refractivity contribution in [1.82, 2.24) is 9.97 Å². The van der Waals surface area contributed by atoms with E-state index in [2.05, 4.69) is 124 Å². The lowest BCUT2D eigenvalue weighted by molar-refractivity contribution is 0.666. The van der Waals surface area contributed by atoms with E-state index in [0.29, 0.717) is 0 Å². The second-order valence-corrected chi connectivity index (χ2v) is 11.9. The van der Waals surface area contributed by atoms with Gasteiger partial charge in [0.05, 0.1) is 12.4 Å². The van der Waals surface area contributed by atoms with Crippen molar-refractivity contribution >= 4 is 82.5 Å². The van der Waals surface area contributed by atoms with Crippen molar-refractivity contribution in [3.05, 3.63) is 152 Å². The van der Waals surface area contributed by atoms with Gasteiger partial charge in [0, 0.05) is 57.1 Å². The Balaban J connectivity index is 1.13. The highest BCUT2D eigenvalue weighted by atomic mass is 16.3. The molecule has 0 radical (unpaired) electrons. The van der Waals surface area contributed by atoms with E-state index in [-0.39, 0.29) is 0 Å². The standard InChI is InChI=1S/C42H25N3O2/c1-2-4-33-27(3-1)5-6-28-7-8-29(21-37(28)33)26-9-11-30(12-10-26)45(31-14-16-39-38(22-31)36-18-20-44-25-42(36)46-39)32-13-15-34-35-17-19-43-24-41(35)47-40(34)23-32/h1-25H. The van der Waals surface area contributed by atoms with Crippen LogP contribution in [-0.2, 0) is 0 Å². The first-order valence-electron chi connectivity index (χ1n) is 15.6. The van der Waals surface area contributed by atoms with Gasteiger partial charge in [-0.25, -0.2) is 0 Å². The van der Waals surface area contributed by atoms with Crippen LogP contribution >= 0.6 is 0 Å². The molecular formula is C42H25N3O2. The summed E-state index contributed by atoms with van der Waals surface area (Å²) in [5, 5.41) is 9.22. The summed E-state index contributed by atoms with van der Waals surface area (Å²) in [6.45, 7) is 0. The van der Waals surface area contributed by atoms with Gasteiger partial charge in [-0.3, -0.25) is 9.97 Å². The molecule has 0 aliphatic carbocycles. The van der Waals surface area contributed by atoms with Gasteiger partial charge in [0.2, 0.25) is 0 Å². The molecule has 5 heteroatoms. The van der Waals surface area contributed by atoms with E-state index in [0.717, 1.165) is 66.5 Å². The summed E-state index contributed by atoms with van der Waals surface area (Å²) in [4.78, 5) is 10.8. The molecule has 0 aliphatic rings. The molecule has 0 amide bonds. The molecule has 47 heavy (non-hydrogen) atoms. The largest absolute Gasteiger partial charge is 0.454 e. The number of anilines is 3. The van der Waals surface area contributed by atoms with Crippen LogP contribution in [0.3, 0.4) is 0 Å². The first kappa shape index (κ1) is 25.8. The zero-order valence-corrected chi connectivity index (χ0v) is 25.1. The van der Waals surface area contributed by atoms with Gasteiger partial charge in [-0.2, -0.15) is 0 Å². The predicted molar refractivity (Wildman–Crippen MR) is 192 cm³/mol. The van der Waals surface area contributed by atoms with Crippen LogP contribution in [0.1, 0.15) is 0 Å². The maximum atomic E-state index is 6.26. The molecule has 10 aromatic rings. The summed E-state index contributed by atoms with van der Waals surface area (Å²) in [5.74, 6) is 0. The van der Waals surface area contributed by atoms with E-state index in [1.54, 1.807) is 24.8 Å². The minimum atomic E-state index is 0.774. The Hall–Kier alpha value is -6.46. The molecule has 4 aromatic heterocycles. The molecule has 10 rings (SSSR count). The fourth-order valence-electron chi connectivity index (χ4n) is 6.95. The summed E-state index contributed by atoms with van der Waals surface area (Å²) < 4.78 is 12.4. The van der Waals surface area contributed by atoms with Crippen LogP contribution in [-0.4, -0.2) is 9.97 Å². The lowest BCUT2D eigenvalue weighted by Crippen LogP contribution is -2.09. The maximum Gasteiger partial charge on any atom is 0.153 e. The van der Waals surface area contributed by atoms with Crippen LogP contribution in [0.2, 0.25) is 0 Å². The molecule has 0 unspecified atom stereocenters. The third-order valence-electron chi connectivity index (χ3n) is 9.24. The van der Waals surface area contributed by atoms with Crippen LogP contribution in [0.15, 0.2) is 161 Å². The molecule has 0 atom stereocenters. The molecule has 4 heterocycles. The number of pyridine rings is 2. The number of hydrogen-bond acceptors (Lipinski definition) is 5. The number of furan rings is 2. The number of aromatic nitrogens is 2. The molecule has 0 N–H and O–H groups in total. The van der Waals surface area contributed by atoms with Crippen LogP contribution < -0.4 is 4.90 Å². The number of fused-ring (bicyclic) bond motifs is 9. The van der Waals surface area contributed by atoms with Crippen molar-refractivity contribution < 1.29 is 8.83 Å². The van der Waals surface area contributed by atoms with Gasteiger partial charge in [-0.05, 0) is 93.3 Å². The van der Waals surface area contributed by atoms with Crippen LogP contribution in [0, 0.1) is 0 Å². The van der Waals surface area contributed by atoms with Crippen molar-refractivity contribution in [2.75, 3.05) is 4.90 Å². The summed E-state index contributed by atoms with van der Waals surface area (Å²) in [7, 11) is 0. The first-order chi connectivity index (χ1) is 23.3. The Labute approximate surface area is 268 Å². The van der Waals surface area contributed by atoms with Gasteiger partial charge < -0.3 is 13.7 Å². The van der Waals surface area contributed by atoms with Crippen molar-refractivity contribution in [2.45, 2.75) is 0 Å². The Bertz CT molecular complexity index is 2810. The van der Waals surface area contributed by atoms with E-state index in [9.17, 15) is 0 Å². The van der Waals surface area contributed by atoms with E-state index in [1.165, 1.54) is 27.1 Å². The fraction of sp³-hybridized carbons (Fsp3) is 0. The highest BCUT2D eigenvalue weighted by Gasteiger charge is 2.18. The highest BCUT2D eigenvalue weighted by Crippen LogP contribution is 2.41. The molecule has 6 aromatic carbocycles. The summed E-state index contributed by atoms with van der Waals surface area (Å²) in [6.07, 6.45) is 7.15. The highest BCUT2D eigenvalue weighted by molar-refractivity contribution is 6.09. The molecule has 5 nitrogen and oxygen atoms in total. The van der Waals surface area contributed by atoms with Crippen LogP contribution in [0.4, 0.5) is 17.1 Å². The summed E-state index contributed by atoms with van der Waals surface area (Å²) in [6, 6.07) is 45.2. The number of nitrogens with zero attached hydrogens (tertiary/aromatic N) is 3. The van der Waals surface area contributed by atoms with Gasteiger partial charge in [-0.15, -0.1) is 0 Å². The molecule has 0 bridgehead atoms. The monoisotopic (exact) mass is 603 g/mol. The minimum absolute atomic E-state index is 0.774. The normalized spacial score (nSPS) is 11.8. The zero-order chi connectivity index (χ0) is 30.9. The molecule has 0 aliphatic heterocycles. The van der Waals surface area contributed by atoms with Crippen molar-refractivity contribution in [3.63, 3.8) is 0 Å². The van der Waals surface area contributed by atoms with E-state index in [1.807, 2.05) is 18.2 Å². The smallest absolute Gasteiger partial charge is 0.153 e. The molecule has 0 saturated heterocycles. The third-order valence-corrected chi connectivity index (χ3v) is 9.24. The average molecular weight is 604 g/mol. The Morgan fingerprint density at radius 3 is 1.83 bits per heavy atom. The van der Waals surface area contributed by atoms with Crippen molar-refractivity contribution in [3.8, 4) is 11.1 Å². The zero-order valence-electron chi connectivity index (χ0n) is 25.1. The van der Waals surface area contributed by atoms with Gasteiger partial charge in [0.1, 0.15) is 11.2 Å². The molecule has 220 valence electrons. The molecule has 0 spiro atoms. The van der Waals surface area contributed by atoms with Gasteiger partial charge in [0.25, 0.3) is 0 Å². The lowest BCUT2D eigenvalue weighted by atomic mass is 9.97. The van der Waals surface area contributed by atoms with E-state index in [4.69, 9.17) is 8.83 Å². The SMILES string of the molecule is c1ccc2c(c1)ccc1ccc(-c3ccc(N(c4ccc5c(c4)oc4cnccc45)c4ccc5oc6cnccc6c5c4)cc3)cc12. The van der Waals surface area contributed by atoms with Gasteiger partial charge in [-0.1, -0.05) is 60.7 Å². The predicted octanol–water partition coefficient (Wildman–Crippen LogP) is 11.7. The summed E-state index contributed by atoms with van der Waals surface area (Å²) >= 11 is 0. The van der Waals surface area contributed by atoms with E-state index < -0.39 is 0 Å². The quantitative estimate of drug-likeness (QED) is 0.187. The Morgan fingerprint density at radius 2 is 1.00 bits per heavy atom. The van der Waals surface area contributed by atoms with Crippen LogP contribution in [0.25, 0.3) is 76.5 Å². The Kier molecular flexibility index (Phi) is 5.51. The molecule has 0 saturated carbocycles. The van der Waals surface area contributed by atoms with Crippen molar-refractivity contribution in [1.29, 1.82) is 0 Å². The molecule has 0 fully saturated rings. The van der Waals surface area contributed by atoms with Gasteiger partial charge >= 0.3 is 0 Å². The summed E-state index contributed by atoms with van der Waals surface area (Å²) in [5.41, 5.74) is 8.58. The first-order valence-corrected chi connectivity index (χ1v) is 15.6. The fourth-order valence-corrected chi connectivity index (χ4v) is 6.95. The number of hydrogen-bond donors (Lipinski definition) is 0. The maximum absolute atomic E-state index is 6.26. The molecular weight excluding hydrogens is 578 g/mol. The topological polar surface area (TPSA) is 55.3 Å². The Morgan fingerprint density at radius 1 is 0.383 bits per heavy atom. The van der Waals surface area contributed by atoms with E-state index >= 15 is 0 Å². The lowest BCUT2D eigenvalue weighted by Gasteiger charge is -2.25. The third kappa shape index (κ3) is 4.10. The van der Waals surface area contributed by atoms with Crippen molar-refractivity contribution in [2.24, 2.45) is 0 Å². The average Bonchev–Trinajstić information content (AvgIpc) is 3.69. The van der Waals surface area contributed by atoms with Gasteiger partial charge in [0.15, 0.2) is 11.2 Å². The minimum Gasteiger partial charge on any atom is -0.454 e. The second kappa shape index (κ2) is 10.0. The number of benzene rings is 6.